The molecule has 0 aromatic heterocycles. The molecule has 0 radical (unpaired) electrons. The molecule has 0 spiro atoms. The first-order valence-corrected chi connectivity index (χ1v) is 6.87. The Balaban J connectivity index is 1.55. The van der Waals surface area contributed by atoms with E-state index < -0.39 is 0 Å². The number of fused-ring (bicyclic) bond motifs is 1. The van der Waals surface area contributed by atoms with Gasteiger partial charge in [-0.05, 0) is 60.2 Å². The molecule has 2 N–H and O–H groups in total. The smallest absolute Gasteiger partial charge is 0.231 e. The van der Waals surface area contributed by atoms with E-state index in [9.17, 15) is 4.39 Å². The first-order valence-electron chi connectivity index (χ1n) is 6.46. The van der Waals surface area contributed by atoms with Crippen LogP contribution < -0.4 is 20.2 Å². The predicted octanol–water partition coefficient (Wildman–Crippen LogP) is 2.87. The Morgan fingerprint density at radius 2 is 1.91 bits per heavy atom. The van der Waals surface area contributed by atoms with Crippen molar-refractivity contribution < 1.29 is 13.9 Å². The largest absolute Gasteiger partial charge is 0.454 e. The molecule has 3 rings (SSSR count). The van der Waals surface area contributed by atoms with Gasteiger partial charge in [0.2, 0.25) is 6.79 Å². The number of benzene rings is 2. The van der Waals surface area contributed by atoms with Gasteiger partial charge in [0.15, 0.2) is 16.6 Å². The summed E-state index contributed by atoms with van der Waals surface area (Å²) in [5.74, 6) is 1.11. The average molecular weight is 317 g/mol. The maximum Gasteiger partial charge on any atom is 0.231 e. The Hall–Kier alpha value is -2.67. The van der Waals surface area contributed by atoms with E-state index in [-0.39, 0.29) is 12.6 Å². The molecule has 1 aliphatic rings. The number of hydrogen-bond donors (Lipinski definition) is 2. The van der Waals surface area contributed by atoms with Crippen LogP contribution in [0, 0.1) is 5.82 Å². The molecule has 2 aromatic carbocycles. The van der Waals surface area contributed by atoms with Crippen LogP contribution in [-0.4, -0.2) is 18.1 Å². The maximum atomic E-state index is 12.8. The molecule has 112 valence electrons. The first kappa shape index (κ1) is 14.3. The van der Waals surface area contributed by atoms with Crippen molar-refractivity contribution >= 4 is 29.2 Å². The van der Waals surface area contributed by atoms with E-state index >= 15 is 0 Å². The Morgan fingerprint density at radius 1 is 1.14 bits per heavy atom. The van der Waals surface area contributed by atoms with Gasteiger partial charge in [-0.1, -0.05) is 0 Å². The van der Waals surface area contributed by atoms with Gasteiger partial charge in [-0.25, -0.2) is 4.39 Å². The lowest BCUT2D eigenvalue weighted by atomic mass is 10.2. The zero-order chi connectivity index (χ0) is 15.4. The van der Waals surface area contributed by atoms with Crippen LogP contribution >= 0.6 is 12.2 Å². The van der Waals surface area contributed by atoms with Gasteiger partial charge in [0.25, 0.3) is 0 Å². The van der Waals surface area contributed by atoms with Crippen molar-refractivity contribution in [3.63, 3.8) is 0 Å². The fourth-order valence-corrected chi connectivity index (χ4v) is 2.02. The fourth-order valence-electron chi connectivity index (χ4n) is 1.85. The molecule has 0 fully saturated rings. The Labute approximate surface area is 131 Å². The maximum absolute atomic E-state index is 12.8. The molecule has 22 heavy (non-hydrogen) atoms. The number of hydrazone groups is 1. The van der Waals surface area contributed by atoms with E-state index in [1.54, 1.807) is 18.3 Å². The van der Waals surface area contributed by atoms with Gasteiger partial charge in [-0.3, -0.25) is 5.43 Å². The Kier molecular flexibility index (Phi) is 4.15. The second-order valence-corrected chi connectivity index (χ2v) is 4.85. The molecule has 1 aliphatic heterocycles. The van der Waals surface area contributed by atoms with Crippen LogP contribution in [0.5, 0.6) is 11.5 Å². The van der Waals surface area contributed by atoms with Gasteiger partial charge in [-0.2, -0.15) is 5.10 Å². The van der Waals surface area contributed by atoms with E-state index in [4.69, 9.17) is 21.7 Å². The second kappa shape index (κ2) is 6.40. The molecule has 0 atom stereocenters. The average Bonchev–Trinajstić information content (AvgIpc) is 2.97. The SMILES string of the molecule is Fc1ccc(NC(=S)N/N=C/c2ccc3c(c2)OCO3)cc1. The zero-order valence-electron chi connectivity index (χ0n) is 11.4. The summed E-state index contributed by atoms with van der Waals surface area (Å²) < 4.78 is 23.3. The summed E-state index contributed by atoms with van der Waals surface area (Å²) in [5.41, 5.74) is 4.21. The third-order valence-electron chi connectivity index (χ3n) is 2.88. The molecule has 0 saturated carbocycles. The van der Waals surface area contributed by atoms with Crippen molar-refractivity contribution in [1.82, 2.24) is 5.43 Å². The molecule has 7 heteroatoms. The third-order valence-corrected chi connectivity index (χ3v) is 3.07. The van der Waals surface area contributed by atoms with Crippen LogP contribution in [0.2, 0.25) is 0 Å². The molecular formula is C15H12FN3O2S. The minimum Gasteiger partial charge on any atom is -0.454 e. The molecule has 2 aromatic rings. The highest BCUT2D eigenvalue weighted by atomic mass is 32.1. The molecule has 1 heterocycles. The molecule has 0 aliphatic carbocycles. The lowest BCUT2D eigenvalue weighted by Crippen LogP contribution is -2.23. The number of nitrogens with zero attached hydrogens (tertiary/aromatic N) is 1. The van der Waals surface area contributed by atoms with Crippen LogP contribution in [0.1, 0.15) is 5.56 Å². The minimum atomic E-state index is -0.301. The van der Waals surface area contributed by atoms with Crippen molar-refractivity contribution in [2.75, 3.05) is 12.1 Å². The Morgan fingerprint density at radius 3 is 2.73 bits per heavy atom. The van der Waals surface area contributed by atoms with E-state index in [1.165, 1.54) is 12.1 Å². The molecule has 0 amide bonds. The normalized spacial score (nSPS) is 12.4. The number of nitrogens with one attached hydrogen (secondary N) is 2. The monoisotopic (exact) mass is 317 g/mol. The number of hydrogen-bond acceptors (Lipinski definition) is 4. The minimum absolute atomic E-state index is 0.236. The summed E-state index contributed by atoms with van der Waals surface area (Å²) in [6.07, 6.45) is 1.61. The first-order chi connectivity index (χ1) is 10.7. The van der Waals surface area contributed by atoms with Gasteiger partial charge in [0, 0.05) is 5.69 Å². The highest BCUT2D eigenvalue weighted by Gasteiger charge is 2.12. The van der Waals surface area contributed by atoms with E-state index in [0.717, 1.165) is 11.3 Å². The molecule has 5 nitrogen and oxygen atoms in total. The van der Waals surface area contributed by atoms with Gasteiger partial charge in [0.05, 0.1) is 6.21 Å². The van der Waals surface area contributed by atoms with Crippen molar-refractivity contribution in [3.05, 3.63) is 53.8 Å². The van der Waals surface area contributed by atoms with Crippen LogP contribution in [0.25, 0.3) is 0 Å². The fraction of sp³-hybridized carbons (Fsp3) is 0.0667. The molecular weight excluding hydrogens is 305 g/mol. The topological polar surface area (TPSA) is 54.9 Å². The van der Waals surface area contributed by atoms with E-state index in [1.807, 2.05) is 18.2 Å². The molecule has 0 bridgehead atoms. The summed E-state index contributed by atoms with van der Waals surface area (Å²) in [7, 11) is 0. The van der Waals surface area contributed by atoms with Crippen molar-refractivity contribution in [2.45, 2.75) is 0 Å². The standard InChI is InChI=1S/C15H12FN3O2S/c16-11-2-4-12(5-3-11)18-15(22)19-17-8-10-1-6-13-14(7-10)21-9-20-13/h1-8H,9H2,(H2,18,19,22)/b17-8+. The van der Waals surface area contributed by atoms with Crippen LogP contribution in [0.15, 0.2) is 47.6 Å². The number of ether oxygens (including phenoxy) is 2. The van der Waals surface area contributed by atoms with E-state index in [0.29, 0.717) is 16.5 Å². The summed E-state index contributed by atoms with van der Waals surface area (Å²) >= 11 is 5.09. The third kappa shape index (κ3) is 3.50. The number of anilines is 1. The summed E-state index contributed by atoms with van der Waals surface area (Å²) in [4.78, 5) is 0. The highest BCUT2D eigenvalue weighted by Crippen LogP contribution is 2.31. The van der Waals surface area contributed by atoms with Gasteiger partial charge >= 0.3 is 0 Å². The van der Waals surface area contributed by atoms with Crippen LogP contribution in [-0.2, 0) is 0 Å². The van der Waals surface area contributed by atoms with Crippen molar-refractivity contribution in [3.8, 4) is 11.5 Å². The molecule has 0 saturated heterocycles. The van der Waals surface area contributed by atoms with Crippen molar-refractivity contribution in [2.24, 2.45) is 5.10 Å². The molecule has 0 unspecified atom stereocenters. The summed E-state index contributed by atoms with van der Waals surface area (Å²) in [6, 6.07) is 11.4. The number of rotatable bonds is 3. The van der Waals surface area contributed by atoms with Crippen LogP contribution in [0.3, 0.4) is 0 Å². The predicted molar refractivity (Wildman–Crippen MR) is 85.9 cm³/mol. The second-order valence-electron chi connectivity index (χ2n) is 4.44. The quantitative estimate of drug-likeness (QED) is 0.518. The van der Waals surface area contributed by atoms with Gasteiger partial charge < -0.3 is 14.8 Å². The van der Waals surface area contributed by atoms with Crippen molar-refractivity contribution in [1.29, 1.82) is 0 Å². The van der Waals surface area contributed by atoms with Gasteiger partial charge in [0.1, 0.15) is 5.82 Å². The zero-order valence-corrected chi connectivity index (χ0v) is 12.2. The van der Waals surface area contributed by atoms with E-state index in [2.05, 4.69) is 15.8 Å². The lowest BCUT2D eigenvalue weighted by Gasteiger charge is -2.06. The van der Waals surface area contributed by atoms with Crippen LogP contribution in [0.4, 0.5) is 10.1 Å². The summed E-state index contributed by atoms with van der Waals surface area (Å²) in [5, 5.41) is 7.23. The highest BCUT2D eigenvalue weighted by molar-refractivity contribution is 7.80. The lowest BCUT2D eigenvalue weighted by molar-refractivity contribution is 0.174. The van der Waals surface area contributed by atoms with Gasteiger partial charge in [-0.15, -0.1) is 0 Å². The number of thiocarbonyl (C=S) groups is 1. The summed E-state index contributed by atoms with van der Waals surface area (Å²) in [6.45, 7) is 0.236. The number of halogens is 1. The Bertz CT molecular complexity index is 719.